The van der Waals surface area contributed by atoms with Crippen LogP contribution in [0.3, 0.4) is 0 Å². The Balaban J connectivity index is 0. The van der Waals surface area contributed by atoms with E-state index in [4.69, 9.17) is 15.3 Å². The number of aliphatic carboxylic acids is 1. The molecule has 0 rings (SSSR count). The molecule has 21 heavy (non-hydrogen) atoms. The van der Waals surface area contributed by atoms with Crippen LogP contribution in [0.4, 0.5) is 0 Å². The summed E-state index contributed by atoms with van der Waals surface area (Å²) in [5.41, 5.74) is 0. The van der Waals surface area contributed by atoms with Crippen LogP contribution in [-0.4, -0.2) is 103 Å². The minimum absolute atomic E-state index is 0.0694. The predicted octanol–water partition coefficient (Wildman–Crippen LogP) is -4.28. The van der Waals surface area contributed by atoms with Gasteiger partial charge < -0.3 is 44.3 Å². The smallest absolute Gasteiger partial charge is 0.151 e. The Bertz CT molecular complexity index is 304. The second-order valence-electron chi connectivity index (χ2n) is 5.39. The molecule has 0 saturated carbocycles. The summed E-state index contributed by atoms with van der Waals surface area (Å²) in [4.78, 5) is 20.1. The molecule has 126 valence electrons. The van der Waals surface area contributed by atoms with Crippen molar-refractivity contribution < 1.29 is 44.3 Å². The van der Waals surface area contributed by atoms with Gasteiger partial charge in [-0.15, -0.1) is 0 Å². The average Bonchev–Trinajstić information content (AvgIpc) is 2.35. The minimum atomic E-state index is -1.61. The number of ether oxygens (including phenoxy) is 1. The van der Waals surface area contributed by atoms with Crippen molar-refractivity contribution in [1.29, 1.82) is 0 Å². The van der Waals surface area contributed by atoms with Gasteiger partial charge in [-0.25, -0.2) is 0 Å². The van der Waals surface area contributed by atoms with Gasteiger partial charge >= 0.3 is 0 Å². The molecule has 0 heterocycles. The Morgan fingerprint density at radius 2 is 1.71 bits per heavy atom. The molecule has 0 aliphatic heterocycles. The lowest BCUT2D eigenvalue weighted by Crippen LogP contribution is -2.47. The van der Waals surface area contributed by atoms with E-state index in [1.165, 1.54) is 7.11 Å². The fourth-order valence-electron chi connectivity index (χ4n) is 1.19. The maximum atomic E-state index is 10.3. The van der Waals surface area contributed by atoms with Gasteiger partial charge in [0.15, 0.2) is 6.29 Å². The molecule has 0 bridgehead atoms. The molecule has 0 aliphatic carbocycles. The standard InChI is InChI=1S/C7H14O6.C5H11NO2/c1-13-5(3-9)7(12)6(11)4(10)2-8;1-6(2,3)4-5(7)8/h3-8,10-12H,2H2,1H3;4H2,1-3H3/t4-,5+,6-,7-;/m1./s1. The third-order valence-electron chi connectivity index (χ3n) is 2.28. The van der Waals surface area contributed by atoms with E-state index >= 15 is 0 Å². The monoisotopic (exact) mass is 311 g/mol. The molecular weight excluding hydrogens is 286 g/mol. The Morgan fingerprint density at radius 3 is 1.90 bits per heavy atom. The molecule has 0 aromatic carbocycles. The molecule has 0 aromatic rings. The Labute approximate surface area is 123 Å². The molecular formula is C12H25NO8. The molecule has 9 nitrogen and oxygen atoms in total. The van der Waals surface area contributed by atoms with Crippen LogP contribution in [0.25, 0.3) is 0 Å². The molecule has 0 radical (unpaired) electrons. The number of likely N-dealkylation sites (N-methyl/N-ethyl adjacent to an activating group) is 1. The van der Waals surface area contributed by atoms with Crippen molar-refractivity contribution in [2.45, 2.75) is 24.4 Å². The summed E-state index contributed by atoms with van der Waals surface area (Å²) in [7, 11) is 6.59. The molecule has 0 amide bonds. The summed E-state index contributed by atoms with van der Waals surface area (Å²) in [6.45, 7) is -0.631. The van der Waals surface area contributed by atoms with Gasteiger partial charge in [0.05, 0.1) is 33.7 Å². The number of aliphatic hydroxyl groups is 4. The lowest BCUT2D eigenvalue weighted by Gasteiger charge is -2.24. The molecule has 0 saturated heterocycles. The molecule has 0 aliphatic rings. The first kappa shape index (κ1) is 22.2. The maximum absolute atomic E-state index is 10.3. The van der Waals surface area contributed by atoms with Crippen LogP contribution < -0.4 is 5.11 Å². The van der Waals surface area contributed by atoms with E-state index in [-0.39, 0.29) is 6.54 Å². The number of nitrogens with zero attached hydrogens (tertiary/aromatic N) is 1. The lowest BCUT2D eigenvalue weighted by atomic mass is 10.0. The van der Waals surface area contributed by atoms with Gasteiger partial charge in [-0.3, -0.25) is 0 Å². The zero-order valence-corrected chi connectivity index (χ0v) is 12.7. The highest BCUT2D eigenvalue weighted by atomic mass is 16.5. The van der Waals surface area contributed by atoms with Crippen molar-refractivity contribution >= 4 is 12.3 Å². The van der Waals surface area contributed by atoms with Crippen LogP contribution in [-0.2, 0) is 14.3 Å². The summed E-state index contributed by atoms with van der Waals surface area (Å²) >= 11 is 0. The van der Waals surface area contributed by atoms with Crippen LogP contribution in [0.15, 0.2) is 0 Å². The Morgan fingerprint density at radius 1 is 1.24 bits per heavy atom. The maximum Gasteiger partial charge on any atom is 0.151 e. The molecule has 0 unspecified atom stereocenters. The second kappa shape index (κ2) is 10.6. The summed E-state index contributed by atoms with van der Waals surface area (Å²) < 4.78 is 4.93. The number of carboxylic acid groups (broad SMARTS) is 1. The van der Waals surface area contributed by atoms with E-state index in [0.717, 1.165) is 0 Å². The van der Waals surface area contributed by atoms with Gasteiger partial charge in [0, 0.05) is 7.11 Å². The van der Waals surface area contributed by atoms with Crippen LogP contribution in [0.1, 0.15) is 0 Å². The predicted molar refractivity (Wildman–Crippen MR) is 69.9 cm³/mol. The number of aldehydes is 1. The van der Waals surface area contributed by atoms with E-state index < -0.39 is 37.0 Å². The highest BCUT2D eigenvalue weighted by Crippen LogP contribution is 2.05. The van der Waals surface area contributed by atoms with Crippen molar-refractivity contribution in [1.82, 2.24) is 0 Å². The minimum Gasteiger partial charge on any atom is -0.544 e. The van der Waals surface area contributed by atoms with Crippen molar-refractivity contribution in [3.05, 3.63) is 0 Å². The lowest BCUT2D eigenvalue weighted by molar-refractivity contribution is -0.864. The van der Waals surface area contributed by atoms with Crippen LogP contribution in [0.2, 0.25) is 0 Å². The van der Waals surface area contributed by atoms with Crippen molar-refractivity contribution in [3.8, 4) is 0 Å². The van der Waals surface area contributed by atoms with Gasteiger partial charge in [0.1, 0.15) is 31.0 Å². The molecule has 0 spiro atoms. The summed E-state index contributed by atoms with van der Waals surface area (Å²) in [6.07, 6.45) is -5.56. The topological polar surface area (TPSA) is 147 Å². The molecule has 9 heteroatoms. The Hall–Kier alpha value is -1.10. The zero-order valence-electron chi connectivity index (χ0n) is 12.7. The number of carboxylic acids is 1. The molecule has 0 aromatic heterocycles. The third kappa shape index (κ3) is 11.3. The fourth-order valence-corrected chi connectivity index (χ4v) is 1.19. The molecule has 4 atom stereocenters. The number of quaternary nitrogens is 1. The van der Waals surface area contributed by atoms with Crippen LogP contribution >= 0.6 is 0 Å². The summed E-state index contributed by atoms with van der Waals surface area (Å²) in [6, 6.07) is 0. The third-order valence-corrected chi connectivity index (χ3v) is 2.28. The normalized spacial score (nSPS) is 17.0. The van der Waals surface area contributed by atoms with E-state index in [0.29, 0.717) is 10.8 Å². The molecule has 4 N–H and O–H groups in total. The first-order valence-electron chi connectivity index (χ1n) is 6.13. The summed E-state index contributed by atoms with van der Waals surface area (Å²) in [5, 5.41) is 45.5. The zero-order chi connectivity index (χ0) is 17.2. The first-order chi connectivity index (χ1) is 9.49. The number of aliphatic hydroxyl groups excluding tert-OH is 4. The van der Waals surface area contributed by atoms with E-state index in [1.807, 2.05) is 0 Å². The molecule has 0 fully saturated rings. The van der Waals surface area contributed by atoms with Gasteiger partial charge in [-0.1, -0.05) is 0 Å². The Kier molecular flexibility index (Phi) is 11.2. The number of hydrogen-bond donors (Lipinski definition) is 4. The highest BCUT2D eigenvalue weighted by Gasteiger charge is 2.30. The quantitative estimate of drug-likeness (QED) is 0.260. The average molecular weight is 311 g/mol. The van der Waals surface area contributed by atoms with Crippen molar-refractivity contribution in [2.75, 3.05) is 41.4 Å². The number of carbonyl (C=O) groups is 2. The van der Waals surface area contributed by atoms with E-state index in [9.17, 15) is 19.8 Å². The van der Waals surface area contributed by atoms with E-state index in [2.05, 4.69) is 4.74 Å². The largest absolute Gasteiger partial charge is 0.544 e. The van der Waals surface area contributed by atoms with Gasteiger partial charge in [0.2, 0.25) is 0 Å². The second-order valence-corrected chi connectivity index (χ2v) is 5.39. The first-order valence-corrected chi connectivity index (χ1v) is 6.13. The van der Waals surface area contributed by atoms with E-state index in [1.54, 1.807) is 21.1 Å². The highest BCUT2D eigenvalue weighted by molar-refractivity contribution is 5.65. The fraction of sp³-hybridized carbons (Fsp3) is 0.833. The van der Waals surface area contributed by atoms with Crippen molar-refractivity contribution in [2.24, 2.45) is 0 Å². The van der Waals surface area contributed by atoms with Gasteiger partial charge in [0.25, 0.3) is 0 Å². The summed E-state index contributed by atoms with van der Waals surface area (Å²) in [5.74, 6) is -1.00. The SMILES string of the molecule is CO[C@@H](C=O)[C@@H](O)[C@H](O)[C@H](O)CO.C[N+](C)(C)CC(=O)[O-]. The van der Waals surface area contributed by atoms with Crippen molar-refractivity contribution in [3.63, 3.8) is 0 Å². The van der Waals surface area contributed by atoms with Crippen LogP contribution in [0.5, 0.6) is 0 Å². The number of carbonyl (C=O) groups excluding carboxylic acids is 2. The number of rotatable bonds is 8. The number of methoxy groups -OCH3 is 1. The van der Waals surface area contributed by atoms with Gasteiger partial charge in [-0.2, -0.15) is 0 Å². The van der Waals surface area contributed by atoms with Gasteiger partial charge in [-0.05, 0) is 0 Å². The van der Waals surface area contributed by atoms with Crippen LogP contribution in [0, 0.1) is 0 Å². The number of hydrogen-bond acceptors (Lipinski definition) is 8.